The van der Waals surface area contributed by atoms with Crippen LogP contribution in [0.15, 0.2) is 36.0 Å². The molecule has 0 unspecified atom stereocenters. The van der Waals surface area contributed by atoms with Crippen LogP contribution >= 0.6 is 0 Å². The van der Waals surface area contributed by atoms with Gasteiger partial charge in [0.25, 0.3) is 0 Å². The summed E-state index contributed by atoms with van der Waals surface area (Å²) in [5.74, 6) is -3.89. The van der Waals surface area contributed by atoms with Crippen LogP contribution in [0.5, 0.6) is 0 Å². The lowest BCUT2D eigenvalue weighted by molar-refractivity contribution is -0.173. The summed E-state index contributed by atoms with van der Waals surface area (Å²) in [6.45, 7) is 8.20. The molecule has 0 radical (unpaired) electrons. The van der Waals surface area contributed by atoms with Gasteiger partial charge in [-0.1, -0.05) is 12.7 Å². The Morgan fingerprint density at radius 3 is 2.38 bits per heavy atom. The summed E-state index contributed by atoms with van der Waals surface area (Å²) in [6, 6.07) is 0. The van der Waals surface area contributed by atoms with E-state index >= 15 is 0 Å². The SMILES string of the molecule is C=C1C(=O)O[C@@H]2/C=C\[C@@H]3O[C@@H]3/C=C(/C(=O)OC)[C@@H](OC(C)=O)[C@@H](OC(=O)[C@@]3(C)O[C@H]3C)[C@@H]12. The van der Waals surface area contributed by atoms with Gasteiger partial charge in [-0.05, 0) is 26.0 Å². The van der Waals surface area contributed by atoms with Gasteiger partial charge in [0.05, 0.1) is 24.7 Å². The first-order valence-corrected chi connectivity index (χ1v) is 10.2. The van der Waals surface area contributed by atoms with Crippen LogP contribution in [0.4, 0.5) is 0 Å². The smallest absolute Gasteiger partial charge is 0.341 e. The van der Waals surface area contributed by atoms with Crippen molar-refractivity contribution in [2.45, 2.75) is 63.0 Å². The van der Waals surface area contributed by atoms with Crippen molar-refractivity contribution in [2.24, 2.45) is 5.92 Å². The van der Waals surface area contributed by atoms with Crippen molar-refractivity contribution < 1.29 is 47.6 Å². The number of rotatable bonds is 4. The number of hydrogen-bond acceptors (Lipinski definition) is 10. The molecule has 3 aliphatic heterocycles. The van der Waals surface area contributed by atoms with E-state index in [1.54, 1.807) is 26.0 Å². The number of ether oxygens (including phenoxy) is 6. The number of methoxy groups -OCH3 is 1. The predicted molar refractivity (Wildman–Crippen MR) is 105 cm³/mol. The van der Waals surface area contributed by atoms with Gasteiger partial charge in [-0.3, -0.25) is 4.79 Å². The number of fused-ring (bicyclic) bond motifs is 2. The largest absolute Gasteiger partial charge is 0.466 e. The van der Waals surface area contributed by atoms with Gasteiger partial charge < -0.3 is 28.4 Å². The molecule has 0 saturated carbocycles. The fourth-order valence-corrected chi connectivity index (χ4v) is 3.97. The van der Waals surface area contributed by atoms with E-state index in [0.717, 1.165) is 6.92 Å². The lowest BCUT2D eigenvalue weighted by Crippen LogP contribution is -2.48. The average molecular weight is 448 g/mol. The molecule has 0 aromatic heterocycles. The maximum Gasteiger partial charge on any atom is 0.341 e. The minimum atomic E-state index is -1.41. The Morgan fingerprint density at radius 1 is 1.12 bits per heavy atom. The molecule has 3 fully saturated rings. The molecule has 0 N–H and O–H groups in total. The van der Waals surface area contributed by atoms with E-state index in [1.807, 2.05) is 0 Å². The van der Waals surface area contributed by atoms with Gasteiger partial charge in [-0.2, -0.15) is 0 Å². The van der Waals surface area contributed by atoms with Crippen LogP contribution in [0.25, 0.3) is 0 Å². The molecule has 0 aromatic rings. The second-order valence-electron chi connectivity index (χ2n) is 8.25. The number of epoxide rings is 2. The molecule has 3 saturated heterocycles. The summed E-state index contributed by atoms with van der Waals surface area (Å²) in [5.41, 5.74) is -1.27. The van der Waals surface area contributed by atoms with E-state index in [9.17, 15) is 19.2 Å². The van der Waals surface area contributed by atoms with E-state index in [2.05, 4.69) is 6.58 Å². The first-order chi connectivity index (χ1) is 15.1. The molecule has 10 nitrogen and oxygen atoms in total. The van der Waals surface area contributed by atoms with E-state index in [0.29, 0.717) is 0 Å². The van der Waals surface area contributed by atoms with Crippen molar-refractivity contribution in [1.29, 1.82) is 0 Å². The minimum absolute atomic E-state index is 0.0163. The lowest BCUT2D eigenvalue weighted by atomic mass is 9.84. The highest BCUT2D eigenvalue weighted by molar-refractivity contribution is 5.93. The number of hydrogen-bond donors (Lipinski definition) is 0. The summed E-state index contributed by atoms with van der Waals surface area (Å²) in [7, 11) is 1.17. The molecule has 172 valence electrons. The molecule has 0 spiro atoms. The zero-order valence-electron chi connectivity index (χ0n) is 18.1. The highest BCUT2D eigenvalue weighted by atomic mass is 16.7. The van der Waals surface area contributed by atoms with E-state index in [4.69, 9.17) is 28.4 Å². The van der Waals surface area contributed by atoms with Gasteiger partial charge in [0.1, 0.15) is 18.3 Å². The predicted octanol–water partition coefficient (Wildman–Crippen LogP) is 0.542. The monoisotopic (exact) mass is 448 g/mol. The van der Waals surface area contributed by atoms with Crippen LogP contribution < -0.4 is 0 Å². The maximum absolute atomic E-state index is 13.0. The summed E-state index contributed by atoms with van der Waals surface area (Å²) in [5, 5.41) is 0. The van der Waals surface area contributed by atoms with Gasteiger partial charge in [0.15, 0.2) is 17.8 Å². The van der Waals surface area contributed by atoms with Crippen molar-refractivity contribution in [3.8, 4) is 0 Å². The molecule has 8 atom stereocenters. The second kappa shape index (κ2) is 7.86. The van der Waals surface area contributed by atoms with E-state index in [1.165, 1.54) is 13.2 Å². The Labute approximate surface area is 184 Å². The third-order valence-corrected chi connectivity index (χ3v) is 6.12. The summed E-state index contributed by atoms with van der Waals surface area (Å²) in [4.78, 5) is 50.0. The molecule has 32 heavy (non-hydrogen) atoms. The Bertz CT molecular complexity index is 948. The summed E-state index contributed by atoms with van der Waals surface area (Å²) >= 11 is 0. The lowest BCUT2D eigenvalue weighted by Gasteiger charge is -2.33. The minimum Gasteiger partial charge on any atom is -0.466 e. The fraction of sp³-hybridized carbons (Fsp3) is 0.545. The first-order valence-electron chi connectivity index (χ1n) is 10.2. The molecule has 0 bridgehead atoms. The second-order valence-corrected chi connectivity index (χ2v) is 8.25. The molecule has 4 aliphatic rings. The van der Waals surface area contributed by atoms with Gasteiger partial charge in [-0.15, -0.1) is 0 Å². The number of carbonyl (C=O) groups is 4. The van der Waals surface area contributed by atoms with Gasteiger partial charge in [0.2, 0.25) is 0 Å². The highest BCUT2D eigenvalue weighted by Crippen LogP contribution is 2.42. The van der Waals surface area contributed by atoms with Crippen molar-refractivity contribution in [2.75, 3.05) is 7.11 Å². The quantitative estimate of drug-likeness (QED) is 0.197. The zero-order chi connectivity index (χ0) is 23.4. The molecule has 0 aromatic carbocycles. The molecule has 1 aliphatic carbocycles. The van der Waals surface area contributed by atoms with Crippen LogP contribution in [0.2, 0.25) is 0 Å². The molecular weight excluding hydrogens is 424 g/mol. The van der Waals surface area contributed by atoms with E-state index < -0.39 is 65.9 Å². The van der Waals surface area contributed by atoms with Crippen LogP contribution in [0.3, 0.4) is 0 Å². The number of esters is 4. The van der Waals surface area contributed by atoms with E-state index in [-0.39, 0.29) is 17.3 Å². The third-order valence-electron chi connectivity index (χ3n) is 6.12. The van der Waals surface area contributed by atoms with Crippen LogP contribution in [-0.4, -0.2) is 73.2 Å². The van der Waals surface area contributed by atoms with Crippen LogP contribution in [0.1, 0.15) is 20.8 Å². The van der Waals surface area contributed by atoms with Crippen LogP contribution in [0, 0.1) is 5.92 Å². The molecule has 0 amide bonds. The third kappa shape index (κ3) is 3.84. The van der Waals surface area contributed by atoms with Crippen molar-refractivity contribution in [1.82, 2.24) is 0 Å². The standard InChI is InChI=1S/C22H24O10/c1-9-16-14(30-19(9)24)7-6-13-15(29-13)8-12(20(25)27-5)17(28-11(3)23)18(16)31-21(26)22(4)10(2)32-22/h6-8,10,13-18H,1H2,2-5H3/b7-6-,12-8+/t10-,13-,14+,15+,16-,17+,18-,22-/m0/s1. The highest BCUT2D eigenvalue weighted by Gasteiger charge is 2.60. The van der Waals surface area contributed by atoms with Crippen molar-refractivity contribution in [3.05, 3.63) is 36.0 Å². The Hall–Kier alpha value is -2.98. The Morgan fingerprint density at radius 2 is 1.78 bits per heavy atom. The Balaban J connectivity index is 1.82. The molecule has 4 rings (SSSR count). The molecular formula is C22H24O10. The van der Waals surface area contributed by atoms with Crippen molar-refractivity contribution >= 4 is 23.9 Å². The van der Waals surface area contributed by atoms with Gasteiger partial charge in [0, 0.05) is 12.5 Å². The maximum atomic E-state index is 13.0. The van der Waals surface area contributed by atoms with Gasteiger partial charge in [-0.25, -0.2) is 14.4 Å². The fourth-order valence-electron chi connectivity index (χ4n) is 3.97. The normalized spacial score (nSPS) is 42.2. The first kappa shape index (κ1) is 22.2. The summed E-state index contributed by atoms with van der Waals surface area (Å²) in [6.07, 6.45) is -0.0738. The van der Waals surface area contributed by atoms with Crippen LogP contribution in [-0.2, 0) is 47.6 Å². The topological polar surface area (TPSA) is 130 Å². The van der Waals surface area contributed by atoms with Gasteiger partial charge >= 0.3 is 23.9 Å². The number of carbonyl (C=O) groups excluding carboxylic acids is 4. The van der Waals surface area contributed by atoms with Crippen molar-refractivity contribution in [3.63, 3.8) is 0 Å². The zero-order valence-corrected chi connectivity index (χ0v) is 18.1. The summed E-state index contributed by atoms with van der Waals surface area (Å²) < 4.78 is 32.4. The molecule has 10 heteroatoms. The molecule has 3 heterocycles. The Kier molecular flexibility index (Phi) is 5.46. The average Bonchev–Trinajstić information content (AvgIpc) is 3.60.